The van der Waals surface area contributed by atoms with Crippen LogP contribution in [-0.2, 0) is 0 Å². The third-order valence-corrected chi connectivity index (χ3v) is 3.61. The van der Waals surface area contributed by atoms with Gasteiger partial charge in [0.25, 0.3) is 5.91 Å². The summed E-state index contributed by atoms with van der Waals surface area (Å²) in [4.78, 5) is 20.4. The summed E-state index contributed by atoms with van der Waals surface area (Å²) in [6.45, 7) is 3.83. The maximum absolute atomic E-state index is 13.7. The molecule has 0 fully saturated rings. The first kappa shape index (κ1) is 19.2. The largest absolute Gasteiger partial charge is 0.489 e. The van der Waals surface area contributed by atoms with Gasteiger partial charge in [-0.3, -0.25) is 4.79 Å². The van der Waals surface area contributed by atoms with Gasteiger partial charge in [-0.1, -0.05) is 18.2 Å². The monoisotopic (exact) mass is 384 g/mol. The molecule has 1 aromatic heterocycles. The van der Waals surface area contributed by atoms with Crippen LogP contribution in [0.3, 0.4) is 0 Å². The lowest BCUT2D eigenvalue weighted by Gasteiger charge is -2.14. The third-order valence-electron chi connectivity index (χ3n) is 3.61. The number of rotatable bonds is 6. The van der Waals surface area contributed by atoms with Crippen molar-refractivity contribution in [1.29, 1.82) is 0 Å². The fourth-order valence-corrected chi connectivity index (χ4v) is 2.36. The molecule has 0 aliphatic carbocycles. The molecular weight excluding hydrogens is 366 g/mol. The summed E-state index contributed by atoms with van der Waals surface area (Å²) in [5.74, 6) is -1.57. The van der Waals surface area contributed by atoms with E-state index in [0.717, 1.165) is 12.1 Å². The van der Waals surface area contributed by atoms with Crippen molar-refractivity contribution >= 4 is 23.2 Å². The molecule has 28 heavy (non-hydrogen) atoms. The lowest BCUT2D eigenvalue weighted by atomic mass is 10.2. The zero-order valence-electron chi connectivity index (χ0n) is 15.2. The molecule has 0 radical (unpaired) electrons. The standard InChI is InChI=1S/C20H18F2N4O2/c1-12(2)28-17-9-4-3-8-16(17)25-20-23-10-13(11-24-20)19(27)26-18-14(21)6-5-7-15(18)22/h3-12H,1-2H3,(H,26,27)(H,23,24,25). The van der Waals surface area contributed by atoms with E-state index < -0.39 is 23.2 Å². The second kappa shape index (κ2) is 8.43. The molecule has 1 amide bonds. The molecule has 6 nitrogen and oxygen atoms in total. The van der Waals surface area contributed by atoms with Crippen LogP contribution in [0.5, 0.6) is 5.75 Å². The Kier molecular flexibility index (Phi) is 5.78. The zero-order chi connectivity index (χ0) is 20.1. The van der Waals surface area contributed by atoms with E-state index >= 15 is 0 Å². The van der Waals surface area contributed by atoms with Crippen LogP contribution in [0, 0.1) is 11.6 Å². The lowest BCUT2D eigenvalue weighted by molar-refractivity contribution is 0.102. The first-order valence-corrected chi connectivity index (χ1v) is 8.54. The van der Waals surface area contributed by atoms with E-state index in [1.807, 2.05) is 38.1 Å². The highest BCUT2D eigenvalue weighted by Crippen LogP contribution is 2.27. The summed E-state index contributed by atoms with van der Waals surface area (Å²) in [5.41, 5.74) is 0.205. The van der Waals surface area contributed by atoms with Gasteiger partial charge in [-0.05, 0) is 38.1 Å². The highest BCUT2D eigenvalue weighted by Gasteiger charge is 2.14. The van der Waals surface area contributed by atoms with Crippen LogP contribution >= 0.6 is 0 Å². The van der Waals surface area contributed by atoms with Crippen molar-refractivity contribution in [2.45, 2.75) is 20.0 Å². The molecule has 3 aromatic rings. The Morgan fingerprint density at radius 3 is 2.29 bits per heavy atom. The van der Waals surface area contributed by atoms with E-state index in [-0.39, 0.29) is 17.6 Å². The van der Waals surface area contributed by atoms with Crippen LogP contribution in [0.4, 0.5) is 26.1 Å². The molecule has 0 spiro atoms. The van der Waals surface area contributed by atoms with Gasteiger partial charge in [-0.25, -0.2) is 18.7 Å². The number of halogens is 2. The predicted octanol–water partition coefficient (Wildman–Crippen LogP) is 4.54. The van der Waals surface area contributed by atoms with Crippen LogP contribution in [-0.4, -0.2) is 22.0 Å². The number of nitrogens with zero attached hydrogens (tertiary/aromatic N) is 2. The van der Waals surface area contributed by atoms with Crippen LogP contribution in [0.15, 0.2) is 54.9 Å². The van der Waals surface area contributed by atoms with Crippen LogP contribution in [0.25, 0.3) is 0 Å². The Morgan fingerprint density at radius 2 is 1.64 bits per heavy atom. The lowest BCUT2D eigenvalue weighted by Crippen LogP contribution is -2.15. The highest BCUT2D eigenvalue weighted by molar-refractivity contribution is 6.04. The molecule has 0 unspecified atom stereocenters. The number of hydrogen-bond donors (Lipinski definition) is 2. The Labute approximate surface area is 160 Å². The number of amides is 1. The van der Waals surface area contributed by atoms with E-state index in [9.17, 15) is 13.6 Å². The summed E-state index contributed by atoms with van der Waals surface area (Å²) in [5, 5.41) is 5.20. The normalized spacial score (nSPS) is 10.6. The molecule has 1 heterocycles. The molecule has 2 N–H and O–H groups in total. The van der Waals surface area contributed by atoms with Crippen molar-refractivity contribution in [3.63, 3.8) is 0 Å². The Morgan fingerprint density at radius 1 is 1.00 bits per heavy atom. The second-order valence-corrected chi connectivity index (χ2v) is 6.13. The number of aromatic nitrogens is 2. The molecule has 0 atom stereocenters. The third kappa shape index (κ3) is 4.59. The van der Waals surface area contributed by atoms with Gasteiger partial charge in [-0.15, -0.1) is 0 Å². The Hall–Kier alpha value is -3.55. The van der Waals surface area contributed by atoms with Crippen LogP contribution in [0.2, 0.25) is 0 Å². The molecule has 8 heteroatoms. The van der Waals surface area contributed by atoms with E-state index in [2.05, 4.69) is 20.6 Å². The average molecular weight is 384 g/mol. The smallest absolute Gasteiger partial charge is 0.258 e. The molecule has 0 saturated carbocycles. The first-order chi connectivity index (χ1) is 13.4. The number of benzene rings is 2. The quantitative estimate of drug-likeness (QED) is 0.653. The van der Waals surface area contributed by atoms with Crippen molar-refractivity contribution < 1.29 is 18.3 Å². The number of nitrogens with one attached hydrogen (secondary N) is 2. The van der Waals surface area contributed by atoms with Crippen molar-refractivity contribution in [3.8, 4) is 5.75 Å². The van der Waals surface area contributed by atoms with Gasteiger partial charge in [0.2, 0.25) is 5.95 Å². The summed E-state index contributed by atoms with van der Waals surface area (Å²) in [7, 11) is 0. The predicted molar refractivity (Wildman–Crippen MR) is 102 cm³/mol. The van der Waals surface area contributed by atoms with Gasteiger partial charge in [0.15, 0.2) is 0 Å². The minimum atomic E-state index is -0.866. The summed E-state index contributed by atoms with van der Waals surface area (Å²) < 4.78 is 33.0. The highest BCUT2D eigenvalue weighted by atomic mass is 19.1. The summed E-state index contributed by atoms with van der Waals surface area (Å²) in [6, 6.07) is 10.6. The second-order valence-electron chi connectivity index (χ2n) is 6.13. The van der Waals surface area contributed by atoms with Gasteiger partial charge in [0.1, 0.15) is 23.1 Å². The Balaban J connectivity index is 1.73. The topological polar surface area (TPSA) is 76.1 Å². The zero-order valence-corrected chi connectivity index (χ0v) is 15.2. The minimum Gasteiger partial charge on any atom is -0.489 e. The number of para-hydroxylation sites is 3. The van der Waals surface area contributed by atoms with Gasteiger partial charge >= 0.3 is 0 Å². The fourth-order valence-electron chi connectivity index (χ4n) is 2.36. The van der Waals surface area contributed by atoms with Crippen LogP contribution < -0.4 is 15.4 Å². The molecule has 0 aliphatic heterocycles. The van der Waals surface area contributed by atoms with Gasteiger partial charge in [-0.2, -0.15) is 0 Å². The minimum absolute atomic E-state index is 0.00582. The number of carbonyl (C=O) groups is 1. The molecular formula is C20H18F2N4O2. The molecule has 0 saturated heterocycles. The maximum atomic E-state index is 13.7. The number of ether oxygens (including phenoxy) is 1. The van der Waals surface area contributed by atoms with E-state index in [4.69, 9.17) is 4.74 Å². The summed E-state index contributed by atoms with van der Waals surface area (Å²) >= 11 is 0. The number of hydrogen-bond acceptors (Lipinski definition) is 5. The molecule has 0 aliphatic rings. The van der Waals surface area contributed by atoms with Gasteiger partial charge in [0.05, 0.1) is 17.4 Å². The van der Waals surface area contributed by atoms with Crippen LogP contribution in [0.1, 0.15) is 24.2 Å². The summed E-state index contributed by atoms with van der Waals surface area (Å²) in [6.07, 6.45) is 2.51. The van der Waals surface area contributed by atoms with Crippen molar-refractivity contribution in [3.05, 3.63) is 72.1 Å². The molecule has 144 valence electrons. The number of carbonyl (C=O) groups excluding carboxylic acids is 1. The van der Waals surface area contributed by atoms with Crippen molar-refractivity contribution in [2.24, 2.45) is 0 Å². The van der Waals surface area contributed by atoms with Gasteiger partial charge < -0.3 is 15.4 Å². The van der Waals surface area contributed by atoms with Crippen molar-refractivity contribution in [1.82, 2.24) is 9.97 Å². The SMILES string of the molecule is CC(C)Oc1ccccc1Nc1ncc(C(=O)Nc2c(F)cccc2F)cn1. The van der Waals surface area contributed by atoms with E-state index in [0.29, 0.717) is 11.4 Å². The van der Waals surface area contributed by atoms with Crippen molar-refractivity contribution in [2.75, 3.05) is 10.6 Å². The maximum Gasteiger partial charge on any atom is 0.258 e. The number of anilines is 3. The molecule has 0 bridgehead atoms. The molecule has 2 aromatic carbocycles. The molecule has 3 rings (SSSR count). The first-order valence-electron chi connectivity index (χ1n) is 8.54. The van der Waals surface area contributed by atoms with E-state index in [1.165, 1.54) is 18.5 Å². The van der Waals surface area contributed by atoms with E-state index in [1.54, 1.807) is 0 Å². The fraction of sp³-hybridized carbons (Fsp3) is 0.150. The average Bonchev–Trinajstić information content (AvgIpc) is 2.66. The Bertz CT molecular complexity index is 958. The van der Waals surface area contributed by atoms with Gasteiger partial charge in [0, 0.05) is 12.4 Å².